The zero-order valence-electron chi connectivity index (χ0n) is 19.2. The molecule has 3 aromatic carbocycles. The fraction of sp³-hybridized carbons (Fsp3) is 0.111. The molecular weight excluding hydrogens is 696 g/mol. The predicted molar refractivity (Wildman–Crippen MR) is 157 cm³/mol. The second-order valence-corrected chi connectivity index (χ2v) is 10.4. The third kappa shape index (κ3) is 5.93. The summed E-state index contributed by atoms with van der Waals surface area (Å²) in [5.74, 6) is -1.06. The van der Waals surface area contributed by atoms with Gasteiger partial charge in [0.25, 0.3) is 0 Å². The first-order valence-corrected chi connectivity index (χ1v) is 13.1. The van der Waals surface area contributed by atoms with Gasteiger partial charge in [0.1, 0.15) is 30.5 Å². The molecule has 2 atom stereocenters. The highest BCUT2D eigenvalue weighted by molar-refractivity contribution is 14.1. The summed E-state index contributed by atoms with van der Waals surface area (Å²) in [5, 5.41) is 34.9. The van der Waals surface area contributed by atoms with Crippen LogP contribution in [-0.4, -0.2) is 23.0 Å². The summed E-state index contributed by atoms with van der Waals surface area (Å²) in [6.07, 6.45) is 0.989. The number of nitrogens with two attached hydrogens (primary N) is 1. The van der Waals surface area contributed by atoms with Crippen LogP contribution < -0.4 is 15.5 Å². The first-order chi connectivity index (χ1) is 17.8. The number of anilines is 1. The molecule has 37 heavy (non-hydrogen) atoms. The monoisotopic (exact) mass is 715 g/mol. The van der Waals surface area contributed by atoms with Crippen molar-refractivity contribution in [3.8, 4) is 17.9 Å². The quantitative estimate of drug-likeness (QED) is 0.248. The number of carboxylic acid groups (broad SMARTS) is 1. The van der Waals surface area contributed by atoms with Gasteiger partial charge in [-0.3, -0.25) is 0 Å². The molecule has 0 saturated heterocycles. The van der Waals surface area contributed by atoms with Crippen molar-refractivity contribution < 1.29 is 14.6 Å². The van der Waals surface area contributed by atoms with Gasteiger partial charge in [0.15, 0.2) is 0 Å². The second-order valence-electron chi connectivity index (χ2n) is 8.04. The smallest absolute Gasteiger partial charge is 0.335 e. The molecule has 0 bridgehead atoms. The van der Waals surface area contributed by atoms with Gasteiger partial charge in [-0.25, -0.2) is 9.80 Å². The lowest BCUT2D eigenvalue weighted by Gasteiger charge is -2.21. The molecule has 1 aliphatic heterocycles. The number of benzene rings is 3. The Morgan fingerprint density at radius 3 is 2.32 bits per heavy atom. The minimum absolute atomic E-state index is 0.218. The molecule has 0 amide bonds. The Hall–Kier alpha value is -3.46. The number of carboxylic acids is 1. The molecule has 0 aromatic heterocycles. The molecule has 10 heteroatoms. The van der Waals surface area contributed by atoms with Crippen molar-refractivity contribution in [1.29, 1.82) is 10.5 Å². The summed E-state index contributed by atoms with van der Waals surface area (Å²) in [7, 11) is 0. The number of nitrogens with zero attached hydrogens (tertiary/aromatic N) is 4. The van der Waals surface area contributed by atoms with Crippen molar-refractivity contribution in [1.82, 2.24) is 0 Å². The fourth-order valence-corrected chi connectivity index (χ4v) is 5.88. The van der Waals surface area contributed by atoms with E-state index in [4.69, 9.17) is 15.6 Å². The highest BCUT2D eigenvalue weighted by Gasteiger charge is 2.37. The molecule has 3 N–H and O–H groups in total. The van der Waals surface area contributed by atoms with Crippen LogP contribution in [0, 0.1) is 35.7 Å². The Balaban J connectivity index is 1.58. The Labute approximate surface area is 240 Å². The Bertz CT molecular complexity index is 1450. The van der Waals surface area contributed by atoms with Crippen LogP contribution in [0.1, 0.15) is 21.5 Å². The number of rotatable bonds is 7. The van der Waals surface area contributed by atoms with Crippen LogP contribution in [0.5, 0.6) is 5.75 Å². The predicted octanol–water partition coefficient (Wildman–Crippen LogP) is 5.38. The van der Waals surface area contributed by atoms with Gasteiger partial charge in [-0.2, -0.15) is 15.6 Å². The topological polar surface area (TPSA) is 136 Å². The molecule has 0 spiro atoms. The van der Waals surface area contributed by atoms with E-state index in [-0.39, 0.29) is 17.7 Å². The van der Waals surface area contributed by atoms with Gasteiger partial charge in [0.05, 0.1) is 35.7 Å². The van der Waals surface area contributed by atoms with E-state index >= 15 is 0 Å². The van der Waals surface area contributed by atoms with Crippen molar-refractivity contribution in [3.63, 3.8) is 0 Å². The van der Waals surface area contributed by atoms with Gasteiger partial charge in [-0.15, -0.1) is 0 Å². The molecule has 4 rings (SSSR count). The van der Waals surface area contributed by atoms with Crippen LogP contribution in [0.25, 0.3) is 6.08 Å². The molecular formula is C27H19I2N5O3. The highest BCUT2D eigenvalue weighted by Crippen LogP contribution is 2.32. The van der Waals surface area contributed by atoms with Gasteiger partial charge in [0.2, 0.25) is 0 Å². The molecule has 3 aromatic rings. The van der Waals surface area contributed by atoms with Crippen molar-refractivity contribution in [2.24, 2.45) is 16.8 Å². The van der Waals surface area contributed by atoms with Crippen LogP contribution in [0.4, 0.5) is 5.69 Å². The lowest BCUT2D eigenvalue weighted by Crippen LogP contribution is -2.40. The number of allylic oxidation sites excluding steroid dienone is 1. The van der Waals surface area contributed by atoms with E-state index in [0.29, 0.717) is 11.5 Å². The number of halogens is 2. The number of para-hydroxylation sites is 1. The van der Waals surface area contributed by atoms with Crippen molar-refractivity contribution >= 4 is 68.6 Å². The van der Waals surface area contributed by atoms with Gasteiger partial charge < -0.3 is 15.6 Å². The zero-order valence-corrected chi connectivity index (χ0v) is 23.5. The molecule has 0 saturated carbocycles. The van der Waals surface area contributed by atoms with E-state index in [0.717, 1.165) is 24.0 Å². The number of ether oxygens (including phenoxy) is 1. The molecule has 0 fully saturated rings. The van der Waals surface area contributed by atoms with Crippen molar-refractivity contribution in [2.75, 3.05) is 5.01 Å². The first-order valence-electron chi connectivity index (χ1n) is 11.0. The third-order valence-corrected chi connectivity index (χ3v) is 7.21. The zero-order chi connectivity index (χ0) is 26.5. The van der Waals surface area contributed by atoms with E-state index in [9.17, 15) is 15.3 Å². The fourth-order valence-electron chi connectivity index (χ4n) is 3.75. The largest absolute Gasteiger partial charge is 0.487 e. The lowest BCUT2D eigenvalue weighted by molar-refractivity contribution is 0.0697. The Kier molecular flexibility index (Phi) is 8.43. The maximum atomic E-state index is 11.0. The third-order valence-electron chi connectivity index (χ3n) is 5.61. The van der Waals surface area contributed by atoms with Gasteiger partial charge >= 0.3 is 5.97 Å². The number of hydrogen-bond acceptors (Lipinski definition) is 7. The van der Waals surface area contributed by atoms with Crippen LogP contribution in [0.2, 0.25) is 0 Å². The number of nitriles is 2. The first kappa shape index (κ1) is 26.6. The van der Waals surface area contributed by atoms with E-state index in [1.165, 1.54) is 0 Å². The minimum atomic E-state index is -0.976. The van der Waals surface area contributed by atoms with Crippen LogP contribution in [-0.2, 0) is 6.61 Å². The average Bonchev–Trinajstić information content (AvgIpc) is 3.23. The summed E-state index contributed by atoms with van der Waals surface area (Å²) < 4.78 is 7.69. The maximum Gasteiger partial charge on any atom is 0.335 e. The number of hydrogen-bond donors (Lipinski definition) is 2. The Morgan fingerprint density at radius 2 is 1.76 bits per heavy atom. The van der Waals surface area contributed by atoms with E-state index in [1.807, 2.05) is 42.5 Å². The van der Waals surface area contributed by atoms with E-state index in [1.54, 1.807) is 35.4 Å². The summed E-state index contributed by atoms with van der Waals surface area (Å²) in [4.78, 5) is 11.0. The SMILES string of the molecule is N#C/C(=C/c1cc(I)c(OCc2ccc(C(=O)O)cc2)c(I)c1)C1=NN(c2ccccc2)[C@@H](N)[C@@H]1C#N. The summed E-state index contributed by atoms with van der Waals surface area (Å²) >= 11 is 4.34. The van der Waals surface area contributed by atoms with Gasteiger partial charge in [-0.05, 0) is 98.8 Å². The standard InChI is InChI=1S/C27H19I2N5O3/c28-22-11-17(12-23(29)25(22)37-15-16-6-8-18(9-7-16)27(35)36)10-19(13-30)24-21(14-31)26(32)34(33-24)20-4-2-1-3-5-20/h1-12,21,26H,15,32H2,(H,35,36)/b19-10-/t21-,26-/m1/s1. The molecule has 0 unspecified atom stereocenters. The van der Waals surface area contributed by atoms with Crippen LogP contribution >= 0.6 is 45.2 Å². The molecule has 184 valence electrons. The molecule has 1 heterocycles. The lowest BCUT2D eigenvalue weighted by atomic mass is 9.95. The highest BCUT2D eigenvalue weighted by atomic mass is 127. The average molecular weight is 715 g/mol. The molecule has 8 nitrogen and oxygen atoms in total. The van der Waals surface area contributed by atoms with E-state index < -0.39 is 18.1 Å². The minimum Gasteiger partial charge on any atom is -0.487 e. The summed E-state index contributed by atoms with van der Waals surface area (Å²) in [6, 6.07) is 24.0. The number of hydrazone groups is 1. The molecule has 0 aliphatic carbocycles. The Morgan fingerprint density at radius 1 is 1.11 bits per heavy atom. The normalized spacial score (nSPS) is 17.1. The summed E-state index contributed by atoms with van der Waals surface area (Å²) in [5.41, 5.74) is 9.47. The van der Waals surface area contributed by atoms with Gasteiger partial charge in [0, 0.05) is 0 Å². The summed E-state index contributed by atoms with van der Waals surface area (Å²) in [6.45, 7) is 0.276. The van der Waals surface area contributed by atoms with Crippen molar-refractivity contribution in [3.05, 3.63) is 96.1 Å². The van der Waals surface area contributed by atoms with Crippen LogP contribution in [0.15, 0.2) is 77.4 Å². The van der Waals surface area contributed by atoms with Crippen LogP contribution in [0.3, 0.4) is 0 Å². The van der Waals surface area contributed by atoms with Gasteiger partial charge in [-0.1, -0.05) is 30.3 Å². The number of aromatic carboxylic acids is 1. The molecule has 1 aliphatic rings. The maximum absolute atomic E-state index is 11.0. The van der Waals surface area contributed by atoms with E-state index in [2.05, 4.69) is 62.4 Å². The van der Waals surface area contributed by atoms with Crippen molar-refractivity contribution in [2.45, 2.75) is 12.8 Å². The second kappa shape index (κ2) is 11.7. The molecule has 0 radical (unpaired) electrons. The number of carbonyl (C=O) groups is 1.